The molecule has 0 aliphatic carbocycles. The number of halogens is 1. The Morgan fingerprint density at radius 2 is 2.29 bits per heavy atom. The molecule has 0 radical (unpaired) electrons. The van der Waals surface area contributed by atoms with E-state index in [9.17, 15) is 4.39 Å². The van der Waals surface area contributed by atoms with Gasteiger partial charge in [-0.1, -0.05) is 17.9 Å². The van der Waals surface area contributed by atoms with E-state index in [2.05, 4.69) is 11.8 Å². The van der Waals surface area contributed by atoms with Gasteiger partial charge in [0.15, 0.2) is 0 Å². The van der Waals surface area contributed by atoms with Crippen molar-refractivity contribution in [2.75, 3.05) is 12.9 Å². The number of hydrogen-bond donors (Lipinski definition) is 1. The Bertz CT molecular complexity index is 365. The predicted octanol–water partition coefficient (Wildman–Crippen LogP) is 2.03. The van der Waals surface area contributed by atoms with E-state index >= 15 is 0 Å². The molecule has 14 heavy (non-hydrogen) atoms. The summed E-state index contributed by atoms with van der Waals surface area (Å²) in [7, 11) is 0. The number of rotatable bonds is 2. The quantitative estimate of drug-likeness (QED) is 0.754. The third kappa shape index (κ3) is 3.06. The van der Waals surface area contributed by atoms with Crippen LogP contribution in [-0.2, 0) is 5.75 Å². The molecule has 0 spiro atoms. The summed E-state index contributed by atoms with van der Waals surface area (Å²) in [6, 6.07) is 4.87. The topological polar surface area (TPSA) is 20.2 Å². The Kier molecular flexibility index (Phi) is 4.51. The Morgan fingerprint density at radius 1 is 1.50 bits per heavy atom. The molecule has 0 bridgehead atoms. The molecule has 0 saturated heterocycles. The first-order chi connectivity index (χ1) is 6.77. The first-order valence-corrected chi connectivity index (χ1v) is 5.54. The molecule has 0 heterocycles. The van der Waals surface area contributed by atoms with E-state index in [-0.39, 0.29) is 12.4 Å². The molecular formula is C11H11FOS. The number of thioether (sulfide) groups is 1. The van der Waals surface area contributed by atoms with Gasteiger partial charge in [-0.3, -0.25) is 0 Å². The maximum Gasteiger partial charge on any atom is 0.138 e. The van der Waals surface area contributed by atoms with E-state index in [4.69, 9.17) is 5.11 Å². The summed E-state index contributed by atoms with van der Waals surface area (Å²) >= 11 is 1.67. The summed E-state index contributed by atoms with van der Waals surface area (Å²) in [5.41, 5.74) is 1.40. The SMILES string of the molecule is CSCc1ccc(F)c(C#CCO)c1. The maximum absolute atomic E-state index is 13.1. The lowest BCUT2D eigenvalue weighted by Crippen LogP contribution is -1.88. The average Bonchev–Trinajstić information content (AvgIpc) is 2.19. The summed E-state index contributed by atoms with van der Waals surface area (Å²) in [6.07, 6.45) is 1.99. The van der Waals surface area contributed by atoms with E-state index in [0.717, 1.165) is 11.3 Å². The lowest BCUT2D eigenvalue weighted by Gasteiger charge is -2.00. The van der Waals surface area contributed by atoms with Gasteiger partial charge in [-0.15, -0.1) is 0 Å². The van der Waals surface area contributed by atoms with Gasteiger partial charge in [0.2, 0.25) is 0 Å². The molecule has 1 N–H and O–H groups in total. The minimum atomic E-state index is -0.337. The van der Waals surface area contributed by atoms with Crippen LogP contribution in [0.15, 0.2) is 18.2 Å². The van der Waals surface area contributed by atoms with Crippen LogP contribution in [0.1, 0.15) is 11.1 Å². The molecular weight excluding hydrogens is 199 g/mol. The second-order valence-electron chi connectivity index (χ2n) is 2.71. The molecule has 1 rings (SSSR count). The molecule has 0 saturated carbocycles. The van der Waals surface area contributed by atoms with E-state index < -0.39 is 0 Å². The molecule has 0 aliphatic heterocycles. The number of aliphatic hydroxyl groups is 1. The number of aliphatic hydroxyl groups excluding tert-OH is 1. The van der Waals surface area contributed by atoms with Crippen LogP contribution in [0.5, 0.6) is 0 Å². The monoisotopic (exact) mass is 210 g/mol. The minimum Gasteiger partial charge on any atom is -0.384 e. The zero-order valence-electron chi connectivity index (χ0n) is 7.88. The van der Waals surface area contributed by atoms with Gasteiger partial charge in [0.25, 0.3) is 0 Å². The van der Waals surface area contributed by atoms with Crippen LogP contribution in [0, 0.1) is 17.7 Å². The van der Waals surface area contributed by atoms with Crippen molar-refractivity contribution in [2.24, 2.45) is 0 Å². The fourth-order valence-electron chi connectivity index (χ4n) is 1.06. The van der Waals surface area contributed by atoms with Crippen molar-refractivity contribution in [1.82, 2.24) is 0 Å². The Hall–Kier alpha value is -0.980. The maximum atomic E-state index is 13.1. The first kappa shape index (κ1) is 11.1. The zero-order valence-corrected chi connectivity index (χ0v) is 8.70. The highest BCUT2D eigenvalue weighted by Crippen LogP contribution is 2.13. The largest absolute Gasteiger partial charge is 0.384 e. The van der Waals surface area contributed by atoms with Crippen LogP contribution in [-0.4, -0.2) is 18.0 Å². The van der Waals surface area contributed by atoms with E-state index in [1.807, 2.05) is 6.26 Å². The van der Waals surface area contributed by atoms with Crippen molar-refractivity contribution in [3.8, 4) is 11.8 Å². The molecule has 0 unspecified atom stereocenters. The molecule has 0 atom stereocenters. The Morgan fingerprint density at radius 3 is 2.93 bits per heavy atom. The molecule has 3 heteroatoms. The van der Waals surface area contributed by atoms with Crippen LogP contribution < -0.4 is 0 Å². The van der Waals surface area contributed by atoms with E-state index in [1.165, 1.54) is 6.07 Å². The lowest BCUT2D eigenvalue weighted by atomic mass is 10.1. The van der Waals surface area contributed by atoms with Gasteiger partial charge in [0.05, 0.1) is 5.56 Å². The second-order valence-corrected chi connectivity index (χ2v) is 3.57. The summed E-state index contributed by atoms with van der Waals surface area (Å²) in [4.78, 5) is 0. The fraction of sp³-hybridized carbons (Fsp3) is 0.273. The average molecular weight is 210 g/mol. The van der Waals surface area contributed by atoms with Gasteiger partial charge >= 0.3 is 0 Å². The number of benzene rings is 1. The van der Waals surface area contributed by atoms with Crippen molar-refractivity contribution >= 4 is 11.8 Å². The lowest BCUT2D eigenvalue weighted by molar-refractivity contribution is 0.350. The van der Waals surface area contributed by atoms with Crippen molar-refractivity contribution in [1.29, 1.82) is 0 Å². The van der Waals surface area contributed by atoms with Gasteiger partial charge in [-0.2, -0.15) is 11.8 Å². The molecule has 1 aromatic rings. The summed E-state index contributed by atoms with van der Waals surface area (Å²) in [5, 5.41) is 8.49. The van der Waals surface area contributed by atoms with E-state index in [0.29, 0.717) is 5.56 Å². The van der Waals surface area contributed by atoms with Crippen LogP contribution in [0.25, 0.3) is 0 Å². The molecule has 1 aromatic carbocycles. The molecule has 0 aliphatic rings. The first-order valence-electron chi connectivity index (χ1n) is 4.15. The molecule has 0 fully saturated rings. The smallest absolute Gasteiger partial charge is 0.138 e. The van der Waals surface area contributed by atoms with Gasteiger partial charge in [-0.05, 0) is 24.0 Å². The molecule has 0 amide bonds. The minimum absolute atomic E-state index is 0.244. The van der Waals surface area contributed by atoms with Crippen molar-refractivity contribution in [3.05, 3.63) is 35.1 Å². The highest BCUT2D eigenvalue weighted by Gasteiger charge is 2.00. The van der Waals surface area contributed by atoms with E-state index in [1.54, 1.807) is 23.9 Å². The second kappa shape index (κ2) is 5.69. The molecule has 0 aromatic heterocycles. The Labute approximate surface area is 87.3 Å². The number of hydrogen-bond acceptors (Lipinski definition) is 2. The van der Waals surface area contributed by atoms with Crippen LogP contribution in [0.2, 0.25) is 0 Å². The van der Waals surface area contributed by atoms with Crippen molar-refractivity contribution in [3.63, 3.8) is 0 Å². The third-order valence-corrected chi connectivity index (χ3v) is 2.27. The zero-order chi connectivity index (χ0) is 10.4. The van der Waals surface area contributed by atoms with Gasteiger partial charge in [0, 0.05) is 5.75 Å². The molecule has 74 valence electrons. The van der Waals surface area contributed by atoms with Crippen LogP contribution in [0.4, 0.5) is 4.39 Å². The van der Waals surface area contributed by atoms with Crippen molar-refractivity contribution < 1.29 is 9.50 Å². The highest BCUT2D eigenvalue weighted by molar-refractivity contribution is 7.97. The Balaban J connectivity index is 2.96. The fourth-order valence-corrected chi connectivity index (χ4v) is 1.57. The summed E-state index contributed by atoms with van der Waals surface area (Å²) in [5.74, 6) is 5.51. The van der Waals surface area contributed by atoms with Crippen molar-refractivity contribution in [2.45, 2.75) is 5.75 Å². The summed E-state index contributed by atoms with van der Waals surface area (Å²) in [6.45, 7) is -0.244. The highest BCUT2D eigenvalue weighted by atomic mass is 32.2. The predicted molar refractivity (Wildman–Crippen MR) is 57.6 cm³/mol. The third-order valence-electron chi connectivity index (χ3n) is 1.64. The van der Waals surface area contributed by atoms with Gasteiger partial charge in [-0.25, -0.2) is 4.39 Å². The van der Waals surface area contributed by atoms with Gasteiger partial charge < -0.3 is 5.11 Å². The van der Waals surface area contributed by atoms with Gasteiger partial charge in [0.1, 0.15) is 12.4 Å². The molecule has 1 nitrogen and oxygen atoms in total. The van der Waals surface area contributed by atoms with Crippen LogP contribution >= 0.6 is 11.8 Å². The summed E-state index contributed by atoms with van der Waals surface area (Å²) < 4.78 is 13.1. The normalized spacial score (nSPS) is 9.36. The van der Waals surface area contributed by atoms with Crippen LogP contribution in [0.3, 0.4) is 0 Å². The standard InChI is InChI=1S/C11H11FOS/c1-14-8-9-4-5-11(12)10(7-9)3-2-6-13/h4-5,7,13H,6,8H2,1H3.